The van der Waals surface area contributed by atoms with Gasteiger partial charge in [-0.05, 0) is 59.6 Å². The van der Waals surface area contributed by atoms with E-state index in [0.29, 0.717) is 37.0 Å². The fourth-order valence-electron chi connectivity index (χ4n) is 5.01. The average Bonchev–Trinajstić information content (AvgIpc) is 2.89. The van der Waals surface area contributed by atoms with E-state index in [1.165, 1.54) is 12.3 Å². The molecular formula is C30H35F2N3O3Si. The van der Waals surface area contributed by atoms with Gasteiger partial charge in [0, 0.05) is 18.2 Å². The normalized spacial score (nSPS) is 18.8. The van der Waals surface area contributed by atoms with Gasteiger partial charge >= 0.3 is 0 Å². The Morgan fingerprint density at radius 3 is 2.51 bits per heavy atom. The fourth-order valence-corrected chi connectivity index (χ4v) is 6.34. The molecule has 0 saturated carbocycles. The summed E-state index contributed by atoms with van der Waals surface area (Å²) < 4.78 is 40.3. The summed E-state index contributed by atoms with van der Waals surface area (Å²) >= 11 is 0. The fraction of sp³-hybridized carbons (Fsp3) is 0.433. The number of ether oxygens (including phenoxy) is 1. The predicted molar refractivity (Wildman–Crippen MR) is 152 cm³/mol. The maximum Gasteiger partial charge on any atom is 0.280 e. The Kier molecular flexibility index (Phi) is 7.43. The van der Waals surface area contributed by atoms with Gasteiger partial charge in [-0.1, -0.05) is 51.1 Å². The highest BCUT2D eigenvalue weighted by Gasteiger charge is 2.42. The van der Waals surface area contributed by atoms with Gasteiger partial charge in [-0.15, -0.1) is 0 Å². The molecule has 6 nitrogen and oxygen atoms in total. The van der Waals surface area contributed by atoms with Crippen molar-refractivity contribution in [3.05, 3.63) is 82.2 Å². The number of rotatable bonds is 6. The minimum atomic E-state index is -2.61. The average molecular weight is 552 g/mol. The lowest BCUT2D eigenvalue weighted by atomic mass is 9.96. The van der Waals surface area contributed by atoms with Gasteiger partial charge in [0.15, 0.2) is 8.32 Å². The van der Waals surface area contributed by atoms with Gasteiger partial charge in [0.1, 0.15) is 5.69 Å². The zero-order valence-corrected chi connectivity index (χ0v) is 24.1. The van der Waals surface area contributed by atoms with Gasteiger partial charge in [-0.25, -0.2) is 13.8 Å². The summed E-state index contributed by atoms with van der Waals surface area (Å²) in [4.78, 5) is 22.7. The van der Waals surface area contributed by atoms with E-state index in [1.54, 1.807) is 17.0 Å². The first-order chi connectivity index (χ1) is 18.5. The first kappa shape index (κ1) is 27.5. The quantitative estimate of drug-likeness (QED) is 0.194. The zero-order valence-electron chi connectivity index (χ0n) is 23.1. The molecule has 0 N–H and O–H groups in total. The molecule has 2 aromatic carbocycles. The van der Waals surface area contributed by atoms with Gasteiger partial charge in [0.05, 0.1) is 36.0 Å². The minimum absolute atomic E-state index is 0.0256. The van der Waals surface area contributed by atoms with Crippen LogP contribution in [0.5, 0.6) is 0 Å². The Labute approximate surface area is 228 Å². The van der Waals surface area contributed by atoms with Crippen molar-refractivity contribution in [3.63, 3.8) is 0 Å². The van der Waals surface area contributed by atoms with E-state index >= 15 is 0 Å². The van der Waals surface area contributed by atoms with Crippen molar-refractivity contribution in [2.24, 2.45) is 0 Å². The van der Waals surface area contributed by atoms with Gasteiger partial charge in [-0.3, -0.25) is 14.3 Å². The lowest BCUT2D eigenvalue weighted by Crippen LogP contribution is -2.50. The summed E-state index contributed by atoms with van der Waals surface area (Å²) in [6, 6.07) is 12.6. The van der Waals surface area contributed by atoms with E-state index in [2.05, 4.69) is 38.8 Å². The van der Waals surface area contributed by atoms with Crippen LogP contribution in [0.3, 0.4) is 0 Å². The Hall–Kier alpha value is -3.01. The molecule has 3 heterocycles. The van der Waals surface area contributed by atoms with E-state index in [1.807, 2.05) is 30.3 Å². The number of aromatic nitrogens is 3. The molecule has 4 aromatic rings. The van der Waals surface area contributed by atoms with Crippen LogP contribution in [0, 0.1) is 0 Å². The molecule has 5 rings (SSSR count). The monoisotopic (exact) mass is 551 g/mol. The Bertz CT molecular complexity index is 1550. The van der Waals surface area contributed by atoms with Crippen LogP contribution in [0.1, 0.15) is 56.5 Å². The van der Waals surface area contributed by atoms with Crippen LogP contribution in [0.4, 0.5) is 8.78 Å². The first-order valence-electron chi connectivity index (χ1n) is 13.4. The highest BCUT2D eigenvalue weighted by Crippen LogP contribution is 2.39. The van der Waals surface area contributed by atoms with Crippen molar-refractivity contribution in [1.29, 1.82) is 0 Å². The van der Waals surface area contributed by atoms with Crippen LogP contribution < -0.4 is 5.56 Å². The van der Waals surface area contributed by atoms with Gasteiger partial charge in [0.25, 0.3) is 12.0 Å². The molecule has 1 fully saturated rings. The maximum absolute atomic E-state index is 14.0. The lowest BCUT2D eigenvalue weighted by Gasteiger charge is -2.43. The number of alkyl halides is 2. The summed E-state index contributed by atoms with van der Waals surface area (Å²) in [6.07, 6.45) is 1.40. The van der Waals surface area contributed by atoms with E-state index in [4.69, 9.17) is 14.1 Å². The SMILES string of the molecule is CC(C)(C)[Si](C)(C)O[C@H]1COCC[C@@H]1n1cnc2c(cc(Cc3ccc(C(F)F)nc3)c3ccccc32)c1=O. The molecule has 1 aliphatic rings. The van der Waals surface area contributed by atoms with Crippen LogP contribution in [0.15, 0.2) is 59.8 Å². The third-order valence-electron chi connectivity index (χ3n) is 8.22. The maximum atomic E-state index is 14.0. The molecule has 2 atom stereocenters. The standard InChI is InChI=1S/C30H35F2N3O3Si/c1-30(2,3)39(4,5)38-26-17-37-13-12-25(26)35-18-34-27-22-9-7-6-8-21(22)20(15-23(27)29(35)36)14-19-10-11-24(28(31)32)33-16-19/h6-11,15-16,18,25-26,28H,12-14,17H2,1-5H3/t25-,26-/m0/s1. The van der Waals surface area contributed by atoms with E-state index in [0.717, 1.165) is 21.9 Å². The van der Waals surface area contributed by atoms with Crippen molar-refractivity contribution < 1.29 is 17.9 Å². The molecule has 0 unspecified atom stereocenters. The molecule has 1 saturated heterocycles. The topological polar surface area (TPSA) is 66.2 Å². The molecule has 0 radical (unpaired) electrons. The van der Waals surface area contributed by atoms with Crippen molar-refractivity contribution in [1.82, 2.24) is 14.5 Å². The Morgan fingerprint density at radius 1 is 1.10 bits per heavy atom. The summed E-state index contributed by atoms with van der Waals surface area (Å²) in [5, 5.41) is 2.41. The van der Waals surface area contributed by atoms with E-state index in [-0.39, 0.29) is 28.4 Å². The number of nitrogens with zero attached hydrogens (tertiary/aromatic N) is 3. The highest BCUT2D eigenvalue weighted by molar-refractivity contribution is 6.74. The van der Waals surface area contributed by atoms with Crippen LogP contribution >= 0.6 is 0 Å². The second-order valence-corrected chi connectivity index (χ2v) is 16.6. The van der Waals surface area contributed by atoms with Crippen molar-refractivity contribution in [3.8, 4) is 0 Å². The third-order valence-corrected chi connectivity index (χ3v) is 12.7. The van der Waals surface area contributed by atoms with Crippen LogP contribution in [-0.4, -0.2) is 42.2 Å². The molecule has 0 aliphatic carbocycles. The highest BCUT2D eigenvalue weighted by atomic mass is 28.4. The molecule has 2 aromatic heterocycles. The summed E-state index contributed by atoms with van der Waals surface area (Å²) in [6.45, 7) is 12.0. The van der Waals surface area contributed by atoms with Gasteiger partial charge in [0.2, 0.25) is 0 Å². The van der Waals surface area contributed by atoms with Crippen LogP contribution in [0.25, 0.3) is 21.7 Å². The number of hydrogen-bond donors (Lipinski definition) is 0. The van der Waals surface area contributed by atoms with Crippen LogP contribution in [-0.2, 0) is 15.6 Å². The third kappa shape index (κ3) is 5.40. The van der Waals surface area contributed by atoms with E-state index < -0.39 is 14.7 Å². The second-order valence-electron chi connectivity index (χ2n) is 11.9. The largest absolute Gasteiger partial charge is 0.409 e. The second kappa shape index (κ2) is 10.5. The summed E-state index contributed by atoms with van der Waals surface area (Å²) in [7, 11) is -2.11. The smallest absolute Gasteiger partial charge is 0.280 e. The molecule has 39 heavy (non-hydrogen) atoms. The number of benzene rings is 2. The summed E-state index contributed by atoms with van der Waals surface area (Å²) in [5.74, 6) is 0. The zero-order chi connectivity index (χ0) is 27.9. The Balaban J connectivity index is 1.58. The Morgan fingerprint density at radius 2 is 1.85 bits per heavy atom. The molecule has 0 amide bonds. The predicted octanol–water partition coefficient (Wildman–Crippen LogP) is 6.82. The number of halogens is 2. The molecule has 0 spiro atoms. The van der Waals surface area contributed by atoms with Crippen molar-refractivity contribution in [2.45, 2.75) is 70.3 Å². The van der Waals surface area contributed by atoms with Crippen molar-refractivity contribution >= 4 is 30.0 Å². The molecule has 206 valence electrons. The number of fused-ring (bicyclic) bond motifs is 3. The van der Waals surface area contributed by atoms with Crippen molar-refractivity contribution in [2.75, 3.05) is 13.2 Å². The number of hydrogen-bond acceptors (Lipinski definition) is 5. The van der Waals surface area contributed by atoms with Gasteiger partial charge < -0.3 is 9.16 Å². The lowest BCUT2D eigenvalue weighted by molar-refractivity contribution is -0.0327. The molecule has 1 aliphatic heterocycles. The minimum Gasteiger partial charge on any atom is -0.409 e. The molecule has 0 bridgehead atoms. The first-order valence-corrected chi connectivity index (χ1v) is 16.3. The number of pyridine rings is 1. The van der Waals surface area contributed by atoms with Gasteiger partial charge in [-0.2, -0.15) is 0 Å². The van der Waals surface area contributed by atoms with Crippen LogP contribution in [0.2, 0.25) is 18.1 Å². The molecular weight excluding hydrogens is 516 g/mol. The summed E-state index contributed by atoms with van der Waals surface area (Å²) in [5.41, 5.74) is 1.99. The molecule has 9 heteroatoms. The van der Waals surface area contributed by atoms with E-state index in [9.17, 15) is 13.6 Å².